The van der Waals surface area contributed by atoms with Gasteiger partial charge in [-0.25, -0.2) is 0 Å². The number of nitrogens with one attached hydrogen (secondary N) is 2. The van der Waals surface area contributed by atoms with E-state index in [9.17, 15) is 14.4 Å². The highest BCUT2D eigenvalue weighted by atomic mass is 16.5. The lowest BCUT2D eigenvalue weighted by Gasteiger charge is -2.26. The van der Waals surface area contributed by atoms with Gasteiger partial charge in [-0.3, -0.25) is 19.3 Å². The molecule has 0 unspecified atom stereocenters. The third kappa shape index (κ3) is 10.0. The molecule has 13 nitrogen and oxygen atoms in total. The predicted molar refractivity (Wildman–Crippen MR) is 210 cm³/mol. The maximum atomic E-state index is 13.6. The number of nitrogens with zero attached hydrogens (tertiary/aromatic N) is 2. The van der Waals surface area contributed by atoms with Gasteiger partial charge in [0.15, 0.2) is 34.2 Å². The topological polar surface area (TPSA) is 141 Å². The van der Waals surface area contributed by atoms with E-state index < -0.39 is 11.8 Å². The second kappa shape index (κ2) is 18.4. The lowest BCUT2D eigenvalue weighted by Crippen LogP contribution is -2.38. The summed E-state index contributed by atoms with van der Waals surface area (Å²) >= 11 is 0. The van der Waals surface area contributed by atoms with Crippen LogP contribution in [0, 0.1) is 0 Å². The van der Waals surface area contributed by atoms with Crippen LogP contribution in [0.4, 0.5) is 11.4 Å². The summed E-state index contributed by atoms with van der Waals surface area (Å²) in [5.41, 5.74) is 2.94. The number of rotatable bonds is 16. The maximum Gasteiger partial charge on any atom is 0.291 e. The van der Waals surface area contributed by atoms with Crippen molar-refractivity contribution in [1.82, 2.24) is 9.80 Å². The van der Waals surface area contributed by atoms with Gasteiger partial charge >= 0.3 is 0 Å². The van der Waals surface area contributed by atoms with E-state index in [2.05, 4.69) is 33.5 Å². The average molecular weight is 751 g/mol. The molecule has 55 heavy (non-hydrogen) atoms. The number of likely N-dealkylation sites (N-methyl/N-ethyl adjacent to an activating group) is 1. The predicted octanol–water partition coefficient (Wildman–Crippen LogP) is 5.71. The average Bonchev–Trinajstić information content (AvgIpc) is 3.21. The monoisotopic (exact) mass is 750 g/mol. The van der Waals surface area contributed by atoms with Crippen LogP contribution < -0.4 is 35.0 Å². The first kappa shape index (κ1) is 38.8. The van der Waals surface area contributed by atoms with Crippen molar-refractivity contribution >= 4 is 34.2 Å². The van der Waals surface area contributed by atoms with Crippen molar-refractivity contribution in [1.29, 1.82) is 0 Å². The molecule has 5 aromatic rings. The van der Waals surface area contributed by atoms with Crippen molar-refractivity contribution in [2.75, 3.05) is 85.0 Å². The number of para-hydroxylation sites is 1. The van der Waals surface area contributed by atoms with E-state index in [1.807, 2.05) is 36.4 Å². The number of benzene rings is 4. The summed E-state index contributed by atoms with van der Waals surface area (Å²) in [4.78, 5) is 44.2. The highest BCUT2D eigenvalue weighted by Crippen LogP contribution is 2.34. The molecule has 13 heteroatoms. The van der Waals surface area contributed by atoms with Gasteiger partial charge in [-0.2, -0.15) is 0 Å². The number of fused-ring (bicyclic) bond motifs is 1. The normalized spacial score (nSPS) is 13.0. The number of anilines is 2. The first-order chi connectivity index (χ1) is 26.7. The van der Waals surface area contributed by atoms with Gasteiger partial charge in [-0.05, 0) is 67.1 Å². The SMILES string of the molecule is COc1cc(NC(=O)c2cc(=O)c3ccccc3o2)c(C(=O)Nc2ccc(CCN(C)Cc3ccc(OCCN4CCOCC4)c(OC)c3)cc2)cc1OC. The summed E-state index contributed by atoms with van der Waals surface area (Å²) in [6.45, 7) is 6.35. The van der Waals surface area contributed by atoms with Crippen molar-refractivity contribution in [2.24, 2.45) is 0 Å². The molecular weight excluding hydrogens is 704 g/mol. The van der Waals surface area contributed by atoms with Crippen LogP contribution in [0.5, 0.6) is 23.0 Å². The Morgan fingerprint density at radius 1 is 0.782 bits per heavy atom. The van der Waals surface area contributed by atoms with Crippen LogP contribution in [0.3, 0.4) is 0 Å². The fraction of sp³-hybridized carbons (Fsp3) is 0.310. The lowest BCUT2D eigenvalue weighted by atomic mass is 10.1. The molecule has 0 bridgehead atoms. The Kier molecular flexibility index (Phi) is 13.0. The molecule has 0 spiro atoms. The molecule has 1 aliphatic rings. The first-order valence-corrected chi connectivity index (χ1v) is 18.0. The molecule has 2 N–H and O–H groups in total. The Bertz CT molecular complexity index is 2160. The largest absolute Gasteiger partial charge is 0.493 e. The number of carbonyl (C=O) groups excluding carboxylic acids is 2. The number of morpholine rings is 1. The molecular formula is C42H46N4O9. The smallest absolute Gasteiger partial charge is 0.291 e. The Labute approximate surface area is 319 Å². The van der Waals surface area contributed by atoms with Gasteiger partial charge in [0, 0.05) is 50.5 Å². The molecule has 1 aliphatic heterocycles. The molecule has 4 aromatic carbocycles. The Balaban J connectivity index is 1.05. The van der Waals surface area contributed by atoms with E-state index in [0.717, 1.165) is 75.3 Å². The maximum absolute atomic E-state index is 13.6. The zero-order chi connectivity index (χ0) is 38.7. The third-order valence-corrected chi connectivity index (χ3v) is 9.32. The fourth-order valence-corrected chi connectivity index (χ4v) is 6.27. The standard InChI is InChI=1S/C42H46N4O9/c1-45(27-29-11-14-36(37(23-29)50-2)54-22-19-46-17-20-53-21-18-46)16-15-28-9-12-30(13-10-28)43-41(48)32-24-38(51-3)39(52-4)25-33(32)44-42(49)40-26-34(47)31-7-5-6-8-35(31)55-40/h5-14,23-26H,15-22,27H2,1-4H3,(H,43,48)(H,44,49). The summed E-state index contributed by atoms with van der Waals surface area (Å²) < 4.78 is 33.7. The summed E-state index contributed by atoms with van der Waals surface area (Å²) in [6.07, 6.45) is 0.793. The zero-order valence-electron chi connectivity index (χ0n) is 31.5. The summed E-state index contributed by atoms with van der Waals surface area (Å²) in [6, 6.07) is 24.4. The van der Waals surface area contributed by atoms with Gasteiger partial charge in [0.25, 0.3) is 11.8 Å². The Hall–Kier alpha value is -5.89. The van der Waals surface area contributed by atoms with Crippen LogP contribution in [0.15, 0.2) is 94.1 Å². The lowest BCUT2D eigenvalue weighted by molar-refractivity contribution is 0.0321. The minimum absolute atomic E-state index is 0.115. The highest BCUT2D eigenvalue weighted by Gasteiger charge is 2.21. The number of hydrogen-bond acceptors (Lipinski definition) is 11. The van der Waals surface area contributed by atoms with Gasteiger partial charge in [0.1, 0.15) is 12.2 Å². The van der Waals surface area contributed by atoms with Gasteiger partial charge in [0.05, 0.1) is 51.2 Å². The molecule has 1 aromatic heterocycles. The van der Waals surface area contributed by atoms with E-state index >= 15 is 0 Å². The van der Waals surface area contributed by atoms with Crippen molar-refractivity contribution in [3.8, 4) is 23.0 Å². The molecule has 1 fully saturated rings. The van der Waals surface area contributed by atoms with E-state index in [1.165, 1.54) is 26.4 Å². The van der Waals surface area contributed by atoms with Gasteiger partial charge in [-0.15, -0.1) is 0 Å². The van der Waals surface area contributed by atoms with Crippen LogP contribution >= 0.6 is 0 Å². The van der Waals surface area contributed by atoms with E-state index in [0.29, 0.717) is 34.9 Å². The van der Waals surface area contributed by atoms with Crippen LogP contribution in [0.1, 0.15) is 32.0 Å². The minimum Gasteiger partial charge on any atom is -0.493 e. The highest BCUT2D eigenvalue weighted by molar-refractivity contribution is 6.12. The molecule has 288 valence electrons. The molecule has 6 rings (SSSR count). The Morgan fingerprint density at radius 3 is 2.22 bits per heavy atom. The summed E-state index contributed by atoms with van der Waals surface area (Å²) in [5.74, 6) is 0.632. The summed E-state index contributed by atoms with van der Waals surface area (Å²) in [7, 11) is 6.63. The quantitative estimate of drug-likeness (QED) is 0.128. The molecule has 1 saturated heterocycles. The van der Waals surface area contributed by atoms with E-state index in [1.54, 1.807) is 31.4 Å². The van der Waals surface area contributed by atoms with Crippen molar-refractivity contribution < 1.29 is 37.7 Å². The molecule has 2 amide bonds. The Morgan fingerprint density at radius 2 is 1.47 bits per heavy atom. The first-order valence-electron chi connectivity index (χ1n) is 18.0. The van der Waals surface area contributed by atoms with Crippen molar-refractivity contribution in [3.05, 3.63) is 118 Å². The van der Waals surface area contributed by atoms with Crippen LogP contribution in [0.25, 0.3) is 11.0 Å². The number of carbonyl (C=O) groups is 2. The number of methoxy groups -OCH3 is 3. The fourth-order valence-electron chi connectivity index (χ4n) is 6.27. The third-order valence-electron chi connectivity index (χ3n) is 9.32. The summed E-state index contributed by atoms with van der Waals surface area (Å²) in [5, 5.41) is 5.96. The molecule has 0 radical (unpaired) electrons. The number of hydrogen-bond donors (Lipinski definition) is 2. The van der Waals surface area contributed by atoms with Gasteiger partial charge < -0.3 is 43.6 Å². The van der Waals surface area contributed by atoms with Crippen molar-refractivity contribution in [3.63, 3.8) is 0 Å². The van der Waals surface area contributed by atoms with Gasteiger partial charge in [0.2, 0.25) is 0 Å². The second-order valence-electron chi connectivity index (χ2n) is 13.1. The molecule has 2 heterocycles. The molecule has 0 saturated carbocycles. The van der Waals surface area contributed by atoms with Crippen LogP contribution in [-0.2, 0) is 17.7 Å². The van der Waals surface area contributed by atoms with Crippen LogP contribution in [-0.4, -0.2) is 96.0 Å². The van der Waals surface area contributed by atoms with Crippen LogP contribution in [0.2, 0.25) is 0 Å². The van der Waals surface area contributed by atoms with E-state index in [4.69, 9.17) is 28.1 Å². The van der Waals surface area contributed by atoms with Gasteiger partial charge in [-0.1, -0.05) is 30.3 Å². The molecule has 0 atom stereocenters. The zero-order valence-corrected chi connectivity index (χ0v) is 31.5. The minimum atomic E-state index is -0.710. The van der Waals surface area contributed by atoms with E-state index in [-0.39, 0.29) is 28.0 Å². The molecule has 0 aliphatic carbocycles. The number of ether oxygens (including phenoxy) is 5. The van der Waals surface area contributed by atoms with Crippen molar-refractivity contribution in [2.45, 2.75) is 13.0 Å². The number of amides is 2. The second-order valence-corrected chi connectivity index (χ2v) is 13.1.